The van der Waals surface area contributed by atoms with Gasteiger partial charge >= 0.3 is 5.97 Å². The Morgan fingerprint density at radius 2 is 1.70 bits per heavy atom. The molecular weight excluding hydrogens is 248 g/mol. The number of rotatable bonds is 4. The van der Waals surface area contributed by atoms with Crippen molar-refractivity contribution in [1.29, 1.82) is 0 Å². The van der Waals surface area contributed by atoms with Crippen LogP contribution in [0.2, 0.25) is 0 Å². The van der Waals surface area contributed by atoms with E-state index < -0.39 is 0 Å². The van der Waals surface area contributed by atoms with E-state index in [1.807, 2.05) is 12.1 Å². The molecule has 0 fully saturated rings. The van der Waals surface area contributed by atoms with E-state index >= 15 is 0 Å². The van der Waals surface area contributed by atoms with Gasteiger partial charge in [0.05, 0.1) is 0 Å². The summed E-state index contributed by atoms with van der Waals surface area (Å²) in [4.78, 5) is 10.8. The fraction of sp³-hybridized carbons (Fsp3) is 0.500. The first kappa shape index (κ1) is 16.5. The topological polar surface area (TPSA) is 26.3 Å². The normalized spacial score (nSPS) is 12.7. The smallest absolute Gasteiger partial charge is 0.302 e. The van der Waals surface area contributed by atoms with Gasteiger partial charge in [-0.15, -0.1) is 0 Å². The van der Waals surface area contributed by atoms with E-state index in [1.165, 1.54) is 18.1 Å². The van der Waals surface area contributed by atoms with Gasteiger partial charge in [0.15, 0.2) is 0 Å². The van der Waals surface area contributed by atoms with Crippen LogP contribution in [0.4, 0.5) is 0 Å². The highest BCUT2D eigenvalue weighted by Crippen LogP contribution is 2.37. The number of ether oxygens (including phenoxy) is 1. The first-order chi connectivity index (χ1) is 9.20. The molecule has 0 radical (unpaired) electrons. The second-order valence-electron chi connectivity index (χ2n) is 6.61. The van der Waals surface area contributed by atoms with Crippen molar-refractivity contribution in [3.8, 4) is 0 Å². The van der Waals surface area contributed by atoms with Crippen molar-refractivity contribution in [2.24, 2.45) is 5.41 Å². The maximum absolute atomic E-state index is 10.8. The first-order valence-electron chi connectivity index (χ1n) is 7.07. The van der Waals surface area contributed by atoms with E-state index in [-0.39, 0.29) is 11.4 Å². The Morgan fingerprint density at radius 3 is 2.10 bits per heavy atom. The average Bonchev–Trinajstić information content (AvgIpc) is 2.33. The maximum Gasteiger partial charge on any atom is 0.302 e. The van der Waals surface area contributed by atoms with Gasteiger partial charge in [-0.2, -0.15) is 0 Å². The van der Waals surface area contributed by atoms with Crippen molar-refractivity contribution >= 4 is 5.97 Å². The van der Waals surface area contributed by atoms with Crippen LogP contribution in [0.5, 0.6) is 0 Å². The second-order valence-corrected chi connectivity index (χ2v) is 6.61. The maximum atomic E-state index is 10.8. The van der Waals surface area contributed by atoms with Crippen LogP contribution in [0.25, 0.3) is 0 Å². The van der Waals surface area contributed by atoms with Gasteiger partial charge in [0.2, 0.25) is 0 Å². The van der Waals surface area contributed by atoms with Gasteiger partial charge in [-0.25, -0.2) is 0 Å². The summed E-state index contributed by atoms with van der Waals surface area (Å²) in [6.45, 7) is 12.8. The summed E-state index contributed by atoms with van der Waals surface area (Å²) >= 11 is 0. The summed E-state index contributed by atoms with van der Waals surface area (Å²) < 4.78 is 5.01. The van der Waals surface area contributed by atoms with Gasteiger partial charge in [-0.1, -0.05) is 56.7 Å². The molecule has 1 aromatic rings. The molecule has 0 aliphatic rings. The Bertz CT molecular complexity index is 471. The molecule has 1 aromatic carbocycles. The number of benzene rings is 1. The monoisotopic (exact) mass is 274 g/mol. The molecule has 1 atom stereocenters. The standard InChI is InChI=1S/C18H26O2/c1-13(2)11-17(18(4,5)6)16-9-7-15(8-10-16)12-20-14(3)19/h7-11,17H,12H2,1-6H3. The van der Waals surface area contributed by atoms with Crippen LogP contribution < -0.4 is 0 Å². The molecule has 2 heteroatoms. The molecular formula is C18H26O2. The van der Waals surface area contributed by atoms with E-state index in [2.05, 4.69) is 52.8 Å². The van der Waals surface area contributed by atoms with Crippen LogP contribution in [-0.2, 0) is 16.1 Å². The quantitative estimate of drug-likeness (QED) is 0.579. The molecule has 0 heterocycles. The summed E-state index contributed by atoms with van der Waals surface area (Å²) in [5, 5.41) is 0. The summed E-state index contributed by atoms with van der Waals surface area (Å²) in [6, 6.07) is 8.34. The molecule has 0 aromatic heterocycles. The predicted molar refractivity (Wildman–Crippen MR) is 83.5 cm³/mol. The number of hydrogen-bond donors (Lipinski definition) is 0. The number of allylic oxidation sites excluding steroid dienone is 2. The minimum Gasteiger partial charge on any atom is -0.461 e. The molecule has 0 spiro atoms. The first-order valence-corrected chi connectivity index (χ1v) is 7.07. The Morgan fingerprint density at radius 1 is 1.15 bits per heavy atom. The highest BCUT2D eigenvalue weighted by atomic mass is 16.5. The molecule has 0 aliphatic heterocycles. The molecule has 0 saturated carbocycles. The molecule has 0 amide bonds. The second kappa shape index (κ2) is 6.74. The molecule has 1 unspecified atom stereocenters. The third-order valence-electron chi connectivity index (χ3n) is 3.21. The molecule has 110 valence electrons. The van der Waals surface area contributed by atoms with Crippen molar-refractivity contribution < 1.29 is 9.53 Å². The van der Waals surface area contributed by atoms with Gasteiger partial charge < -0.3 is 4.74 Å². The van der Waals surface area contributed by atoms with Crippen molar-refractivity contribution in [2.45, 2.75) is 54.1 Å². The number of esters is 1. The van der Waals surface area contributed by atoms with Crippen LogP contribution in [0, 0.1) is 5.41 Å². The van der Waals surface area contributed by atoms with Crippen molar-refractivity contribution in [3.05, 3.63) is 47.0 Å². The zero-order chi connectivity index (χ0) is 15.3. The van der Waals surface area contributed by atoms with Gasteiger partial charge in [0.1, 0.15) is 6.61 Å². The minimum absolute atomic E-state index is 0.175. The average molecular weight is 274 g/mol. The molecule has 0 aliphatic carbocycles. The minimum atomic E-state index is -0.244. The summed E-state index contributed by atoms with van der Waals surface area (Å²) in [7, 11) is 0. The zero-order valence-electron chi connectivity index (χ0n) is 13.5. The van der Waals surface area contributed by atoms with E-state index in [1.54, 1.807) is 0 Å². The number of carbonyl (C=O) groups excluding carboxylic acids is 1. The number of carbonyl (C=O) groups is 1. The molecule has 2 nitrogen and oxygen atoms in total. The van der Waals surface area contributed by atoms with Crippen LogP contribution in [0.3, 0.4) is 0 Å². The van der Waals surface area contributed by atoms with Gasteiger partial charge in [0, 0.05) is 12.8 Å². The highest BCUT2D eigenvalue weighted by molar-refractivity contribution is 5.65. The van der Waals surface area contributed by atoms with Crippen LogP contribution in [-0.4, -0.2) is 5.97 Å². The van der Waals surface area contributed by atoms with Gasteiger partial charge in [0.25, 0.3) is 0 Å². The highest BCUT2D eigenvalue weighted by Gasteiger charge is 2.24. The van der Waals surface area contributed by atoms with Crippen molar-refractivity contribution in [3.63, 3.8) is 0 Å². The summed E-state index contributed by atoms with van der Waals surface area (Å²) in [5.41, 5.74) is 3.82. The lowest BCUT2D eigenvalue weighted by molar-refractivity contribution is -0.142. The van der Waals surface area contributed by atoms with E-state index in [9.17, 15) is 4.79 Å². The Hall–Kier alpha value is -1.57. The lowest BCUT2D eigenvalue weighted by Crippen LogP contribution is -2.17. The van der Waals surface area contributed by atoms with E-state index in [0.29, 0.717) is 12.5 Å². The summed E-state index contributed by atoms with van der Waals surface area (Å²) in [6.07, 6.45) is 2.32. The van der Waals surface area contributed by atoms with Crippen LogP contribution >= 0.6 is 0 Å². The third kappa shape index (κ3) is 5.20. The Balaban J connectivity index is 2.94. The molecule has 1 rings (SSSR count). The molecule has 0 saturated heterocycles. The number of hydrogen-bond acceptors (Lipinski definition) is 2. The van der Waals surface area contributed by atoms with Crippen LogP contribution in [0.15, 0.2) is 35.9 Å². The lowest BCUT2D eigenvalue weighted by Gasteiger charge is -2.29. The SMILES string of the molecule is CC(=O)OCc1ccc(C(C=C(C)C)C(C)(C)C)cc1. The fourth-order valence-electron chi connectivity index (χ4n) is 2.19. The predicted octanol–water partition coefficient (Wildman–Crippen LogP) is 4.85. The molecule has 0 N–H and O–H groups in total. The Kier molecular flexibility index (Phi) is 5.55. The van der Waals surface area contributed by atoms with E-state index in [0.717, 1.165) is 5.56 Å². The zero-order valence-corrected chi connectivity index (χ0v) is 13.5. The van der Waals surface area contributed by atoms with Crippen molar-refractivity contribution in [2.75, 3.05) is 0 Å². The van der Waals surface area contributed by atoms with Gasteiger partial charge in [-0.05, 0) is 30.4 Å². The Labute approximate surface area is 122 Å². The molecule has 20 heavy (non-hydrogen) atoms. The van der Waals surface area contributed by atoms with Gasteiger partial charge in [-0.3, -0.25) is 4.79 Å². The lowest BCUT2D eigenvalue weighted by atomic mass is 9.75. The molecule has 0 bridgehead atoms. The fourth-order valence-corrected chi connectivity index (χ4v) is 2.19. The van der Waals surface area contributed by atoms with Crippen LogP contribution in [0.1, 0.15) is 58.6 Å². The van der Waals surface area contributed by atoms with E-state index in [4.69, 9.17) is 4.74 Å². The largest absolute Gasteiger partial charge is 0.461 e. The van der Waals surface area contributed by atoms with Crippen molar-refractivity contribution in [1.82, 2.24) is 0 Å². The summed E-state index contributed by atoms with van der Waals surface area (Å²) in [5.74, 6) is 0.140. The third-order valence-corrected chi connectivity index (χ3v) is 3.21.